The number of aromatic amines is 1. The summed E-state index contributed by atoms with van der Waals surface area (Å²) in [7, 11) is 0. The third-order valence-corrected chi connectivity index (χ3v) is 2.59. The first-order chi connectivity index (χ1) is 8.10. The Bertz CT molecular complexity index is 399. The molecule has 0 aliphatic heterocycles. The van der Waals surface area contributed by atoms with Crippen LogP contribution in [0.25, 0.3) is 0 Å². The van der Waals surface area contributed by atoms with Crippen LogP contribution in [0.1, 0.15) is 23.8 Å². The maximum atomic E-state index is 12.0. The molecule has 1 amide bonds. The summed E-state index contributed by atoms with van der Waals surface area (Å²) in [5, 5.41) is 11.2. The van der Waals surface area contributed by atoms with Gasteiger partial charge in [0.15, 0.2) is 5.69 Å². The van der Waals surface area contributed by atoms with Crippen LogP contribution in [-0.2, 0) is 0 Å². The normalized spacial score (nSPS) is 10.2. The van der Waals surface area contributed by atoms with Crippen LogP contribution >= 0.6 is 15.9 Å². The van der Waals surface area contributed by atoms with Crippen molar-refractivity contribution in [3.8, 4) is 0 Å². The van der Waals surface area contributed by atoms with Crippen LogP contribution in [0.5, 0.6) is 0 Å². The summed E-state index contributed by atoms with van der Waals surface area (Å²) in [6.07, 6.45) is 0.849. The molecule has 0 fully saturated rings. The number of halogens is 1. The van der Waals surface area contributed by atoms with E-state index in [0.717, 1.165) is 6.42 Å². The van der Waals surface area contributed by atoms with Crippen LogP contribution in [0.15, 0.2) is 12.1 Å². The van der Waals surface area contributed by atoms with Crippen LogP contribution in [0.2, 0.25) is 0 Å². The van der Waals surface area contributed by atoms with Gasteiger partial charge in [0.2, 0.25) is 0 Å². The molecule has 1 heterocycles. The Kier molecular flexibility index (Phi) is 5.14. The van der Waals surface area contributed by atoms with Gasteiger partial charge in [0.05, 0.1) is 0 Å². The van der Waals surface area contributed by atoms with E-state index in [2.05, 4.69) is 20.9 Å². The first kappa shape index (κ1) is 13.7. The molecule has 0 bridgehead atoms. The van der Waals surface area contributed by atoms with E-state index in [1.54, 1.807) is 4.90 Å². The zero-order valence-electron chi connectivity index (χ0n) is 9.48. The number of alkyl halides is 1. The zero-order valence-corrected chi connectivity index (χ0v) is 11.1. The molecule has 1 rings (SSSR count). The highest BCUT2D eigenvalue weighted by molar-refractivity contribution is 9.09. The fourth-order valence-corrected chi connectivity index (χ4v) is 1.90. The van der Waals surface area contributed by atoms with Crippen molar-refractivity contribution in [3.05, 3.63) is 27.9 Å². The van der Waals surface area contributed by atoms with Crippen molar-refractivity contribution in [1.82, 2.24) is 9.88 Å². The predicted molar refractivity (Wildman–Crippen MR) is 67.4 cm³/mol. The molecule has 94 valence electrons. The van der Waals surface area contributed by atoms with Crippen molar-refractivity contribution in [2.75, 3.05) is 18.4 Å². The molecule has 0 aliphatic rings. The van der Waals surface area contributed by atoms with Crippen molar-refractivity contribution in [2.24, 2.45) is 0 Å². The van der Waals surface area contributed by atoms with Gasteiger partial charge in [0, 0.05) is 24.5 Å². The van der Waals surface area contributed by atoms with Crippen LogP contribution in [-0.4, -0.2) is 39.1 Å². The number of H-pyrrole nitrogens is 1. The molecular weight excluding hydrogens is 290 g/mol. The van der Waals surface area contributed by atoms with Gasteiger partial charge in [0.1, 0.15) is 0 Å². The second-order valence-corrected chi connectivity index (χ2v) is 4.29. The fourth-order valence-electron chi connectivity index (χ4n) is 1.47. The van der Waals surface area contributed by atoms with Crippen LogP contribution in [0.4, 0.5) is 5.82 Å². The van der Waals surface area contributed by atoms with E-state index in [1.807, 2.05) is 6.92 Å². The Morgan fingerprint density at radius 3 is 2.71 bits per heavy atom. The third-order valence-electron chi connectivity index (χ3n) is 2.23. The van der Waals surface area contributed by atoms with Crippen LogP contribution in [0.3, 0.4) is 0 Å². The topological polar surface area (TPSA) is 79.2 Å². The van der Waals surface area contributed by atoms with E-state index in [4.69, 9.17) is 0 Å². The number of carbonyl (C=O) groups is 1. The Morgan fingerprint density at radius 1 is 1.53 bits per heavy atom. The molecule has 0 radical (unpaired) electrons. The van der Waals surface area contributed by atoms with Crippen LogP contribution < -0.4 is 0 Å². The summed E-state index contributed by atoms with van der Waals surface area (Å²) in [6.45, 7) is 3.20. The SMILES string of the molecule is CCCN(CCBr)C(=O)c1ccc([N+](=O)[O-])[nH]1. The average molecular weight is 304 g/mol. The summed E-state index contributed by atoms with van der Waals surface area (Å²) in [4.78, 5) is 26.1. The predicted octanol–water partition coefficient (Wildman–Crippen LogP) is 2.17. The molecule has 17 heavy (non-hydrogen) atoms. The molecule has 0 saturated heterocycles. The second kappa shape index (κ2) is 6.39. The lowest BCUT2D eigenvalue weighted by atomic mass is 10.3. The summed E-state index contributed by atoms with van der Waals surface area (Å²) in [6, 6.07) is 2.74. The molecule has 0 saturated carbocycles. The van der Waals surface area contributed by atoms with E-state index in [1.165, 1.54) is 12.1 Å². The number of carbonyl (C=O) groups excluding carboxylic acids is 1. The quantitative estimate of drug-likeness (QED) is 0.497. The van der Waals surface area contributed by atoms with E-state index in [9.17, 15) is 14.9 Å². The number of hydrogen-bond acceptors (Lipinski definition) is 3. The van der Waals surface area contributed by atoms with Gasteiger partial charge in [-0.25, -0.2) is 4.98 Å². The van der Waals surface area contributed by atoms with Gasteiger partial charge in [-0.3, -0.25) is 4.79 Å². The number of hydrogen-bond donors (Lipinski definition) is 1. The molecule has 1 aromatic heterocycles. The molecule has 0 spiro atoms. The molecular formula is C10H14BrN3O3. The number of nitrogens with one attached hydrogen (secondary N) is 1. The van der Waals surface area contributed by atoms with E-state index in [0.29, 0.717) is 18.4 Å². The van der Waals surface area contributed by atoms with Crippen LogP contribution in [0, 0.1) is 10.1 Å². The molecule has 1 N–H and O–H groups in total. The molecule has 0 aliphatic carbocycles. The highest BCUT2D eigenvalue weighted by Crippen LogP contribution is 2.12. The lowest BCUT2D eigenvalue weighted by molar-refractivity contribution is -0.389. The molecule has 6 nitrogen and oxygen atoms in total. The van der Waals surface area contributed by atoms with E-state index >= 15 is 0 Å². The van der Waals surface area contributed by atoms with Crippen molar-refractivity contribution < 1.29 is 9.72 Å². The van der Waals surface area contributed by atoms with Gasteiger partial charge >= 0.3 is 5.82 Å². The van der Waals surface area contributed by atoms with Gasteiger partial charge < -0.3 is 15.0 Å². The van der Waals surface area contributed by atoms with Crippen molar-refractivity contribution in [1.29, 1.82) is 0 Å². The molecule has 0 aromatic carbocycles. The molecule has 7 heteroatoms. The van der Waals surface area contributed by atoms with E-state index < -0.39 is 4.92 Å². The monoisotopic (exact) mass is 303 g/mol. The highest BCUT2D eigenvalue weighted by atomic mass is 79.9. The third kappa shape index (κ3) is 3.55. The Morgan fingerprint density at radius 2 is 2.24 bits per heavy atom. The summed E-state index contributed by atoms with van der Waals surface area (Å²) in [5.74, 6) is -0.372. The number of nitrogens with zero attached hydrogens (tertiary/aromatic N) is 2. The first-order valence-electron chi connectivity index (χ1n) is 5.28. The average Bonchev–Trinajstić information content (AvgIpc) is 2.77. The smallest absolute Gasteiger partial charge is 0.321 e. The minimum absolute atomic E-state index is 0.163. The fraction of sp³-hybridized carbons (Fsp3) is 0.500. The lowest BCUT2D eigenvalue weighted by Gasteiger charge is -2.19. The summed E-state index contributed by atoms with van der Waals surface area (Å²) < 4.78 is 0. The van der Waals surface area contributed by atoms with Crippen molar-refractivity contribution in [3.63, 3.8) is 0 Å². The number of nitro groups is 1. The largest absolute Gasteiger partial charge is 0.358 e. The number of amides is 1. The first-order valence-corrected chi connectivity index (χ1v) is 6.41. The minimum Gasteiger partial charge on any atom is -0.358 e. The molecule has 1 aromatic rings. The van der Waals surface area contributed by atoms with Crippen molar-refractivity contribution in [2.45, 2.75) is 13.3 Å². The maximum Gasteiger partial charge on any atom is 0.321 e. The highest BCUT2D eigenvalue weighted by Gasteiger charge is 2.20. The van der Waals surface area contributed by atoms with Gasteiger partial charge in [0.25, 0.3) is 5.91 Å². The Hall–Kier alpha value is -1.37. The second-order valence-electron chi connectivity index (χ2n) is 3.50. The molecule has 0 atom stereocenters. The lowest BCUT2D eigenvalue weighted by Crippen LogP contribution is -2.33. The Balaban J connectivity index is 2.81. The van der Waals surface area contributed by atoms with E-state index in [-0.39, 0.29) is 17.4 Å². The Labute approximate surface area is 107 Å². The minimum atomic E-state index is -0.550. The summed E-state index contributed by atoms with van der Waals surface area (Å²) in [5.41, 5.74) is 0.256. The van der Waals surface area contributed by atoms with Crippen molar-refractivity contribution >= 4 is 27.7 Å². The van der Waals surface area contributed by atoms with Gasteiger partial charge in [-0.05, 0) is 17.4 Å². The van der Waals surface area contributed by atoms with Gasteiger partial charge in [-0.15, -0.1) is 0 Å². The standard InChI is InChI=1S/C10H14BrN3O3/c1-2-6-13(7-5-11)10(15)8-3-4-9(12-8)14(16)17/h3-4,12H,2,5-7H2,1H3. The number of rotatable bonds is 6. The van der Waals surface area contributed by atoms with Gasteiger partial charge in [-0.2, -0.15) is 0 Å². The maximum absolute atomic E-state index is 12.0. The molecule has 0 unspecified atom stereocenters. The zero-order chi connectivity index (χ0) is 12.8. The van der Waals surface area contributed by atoms with Gasteiger partial charge in [-0.1, -0.05) is 22.9 Å². The number of aromatic nitrogens is 1. The summed E-state index contributed by atoms with van der Waals surface area (Å²) >= 11 is 3.28.